The number of hydrazine groups is 1. The zero-order chi connectivity index (χ0) is 8.27. The Labute approximate surface area is 72.5 Å². The first-order valence-electron chi connectivity index (χ1n) is 2.94. The Morgan fingerprint density at radius 1 is 1.45 bits per heavy atom. The van der Waals surface area contributed by atoms with Crippen LogP contribution in [-0.2, 0) is 0 Å². The normalized spacial score (nSPS) is 9.36. The molecule has 0 unspecified atom stereocenters. The van der Waals surface area contributed by atoms with E-state index in [9.17, 15) is 0 Å². The van der Waals surface area contributed by atoms with Crippen molar-refractivity contribution in [1.29, 1.82) is 0 Å². The van der Waals surface area contributed by atoms with Crippen LogP contribution in [0.5, 0.6) is 0 Å². The number of anilines is 2. The van der Waals surface area contributed by atoms with Gasteiger partial charge in [0.15, 0.2) is 5.82 Å². The van der Waals surface area contributed by atoms with Crippen LogP contribution in [0.25, 0.3) is 0 Å². The van der Waals surface area contributed by atoms with E-state index >= 15 is 0 Å². The molecule has 1 aromatic rings. The van der Waals surface area contributed by atoms with E-state index in [1.807, 2.05) is 0 Å². The Morgan fingerprint density at radius 3 is 2.64 bits per heavy atom. The molecule has 1 aromatic heterocycles. The van der Waals surface area contributed by atoms with Gasteiger partial charge in [0, 0.05) is 7.05 Å². The lowest BCUT2D eigenvalue weighted by molar-refractivity contribution is 1.12. The lowest BCUT2D eigenvalue weighted by Gasteiger charge is -2.05. The van der Waals surface area contributed by atoms with E-state index in [1.54, 1.807) is 7.05 Å². The molecule has 6 heteroatoms. The third-order valence-electron chi connectivity index (χ3n) is 1.16. The highest BCUT2D eigenvalue weighted by atomic mass is 79.9. The highest BCUT2D eigenvalue weighted by molar-refractivity contribution is 9.10. The topological polar surface area (TPSA) is 75.9 Å². The van der Waals surface area contributed by atoms with Gasteiger partial charge in [-0.15, -0.1) is 0 Å². The van der Waals surface area contributed by atoms with Crippen LogP contribution >= 0.6 is 15.9 Å². The predicted octanol–water partition coefficient (Wildman–Crippen LogP) is 0.566. The average Bonchev–Trinajstić information content (AvgIpc) is 2.05. The average molecular weight is 218 g/mol. The van der Waals surface area contributed by atoms with Crippen molar-refractivity contribution in [1.82, 2.24) is 9.97 Å². The van der Waals surface area contributed by atoms with E-state index in [1.165, 1.54) is 6.33 Å². The van der Waals surface area contributed by atoms with Crippen LogP contribution in [0.3, 0.4) is 0 Å². The molecular formula is C5H8BrN5. The van der Waals surface area contributed by atoms with Gasteiger partial charge in [-0.3, -0.25) is 0 Å². The van der Waals surface area contributed by atoms with Crippen molar-refractivity contribution in [2.45, 2.75) is 0 Å². The molecule has 0 aliphatic rings. The number of rotatable bonds is 2. The first-order chi connectivity index (χ1) is 5.29. The number of aromatic nitrogens is 2. The predicted molar refractivity (Wildman–Crippen MR) is 47.1 cm³/mol. The summed E-state index contributed by atoms with van der Waals surface area (Å²) in [4.78, 5) is 7.81. The minimum Gasteiger partial charge on any atom is -0.372 e. The van der Waals surface area contributed by atoms with Crippen molar-refractivity contribution in [3.63, 3.8) is 0 Å². The summed E-state index contributed by atoms with van der Waals surface area (Å²) in [6.07, 6.45) is 1.42. The van der Waals surface area contributed by atoms with Gasteiger partial charge in [0.2, 0.25) is 0 Å². The second kappa shape index (κ2) is 3.49. The quantitative estimate of drug-likeness (QED) is 0.499. The van der Waals surface area contributed by atoms with Gasteiger partial charge < -0.3 is 10.7 Å². The lowest BCUT2D eigenvalue weighted by atomic mass is 10.5. The molecule has 0 atom stereocenters. The molecular weight excluding hydrogens is 210 g/mol. The molecule has 11 heavy (non-hydrogen) atoms. The van der Waals surface area contributed by atoms with Crippen LogP contribution in [0.1, 0.15) is 0 Å². The molecule has 0 aromatic carbocycles. The summed E-state index contributed by atoms with van der Waals surface area (Å²) in [5.41, 5.74) is 2.43. The summed E-state index contributed by atoms with van der Waals surface area (Å²) in [7, 11) is 1.77. The van der Waals surface area contributed by atoms with E-state index in [2.05, 4.69) is 36.6 Å². The zero-order valence-electron chi connectivity index (χ0n) is 5.93. The number of hydrogen-bond donors (Lipinski definition) is 3. The molecule has 1 rings (SSSR count). The second-order valence-electron chi connectivity index (χ2n) is 1.78. The van der Waals surface area contributed by atoms with Crippen molar-refractivity contribution in [2.24, 2.45) is 5.84 Å². The fourth-order valence-corrected chi connectivity index (χ4v) is 1.16. The molecule has 0 radical (unpaired) electrons. The summed E-state index contributed by atoms with van der Waals surface area (Å²) in [6, 6.07) is 0. The molecule has 0 saturated carbocycles. The van der Waals surface area contributed by atoms with Crippen molar-refractivity contribution in [2.75, 3.05) is 17.8 Å². The highest BCUT2D eigenvalue weighted by Crippen LogP contribution is 2.24. The van der Waals surface area contributed by atoms with Crippen LogP contribution in [-0.4, -0.2) is 17.0 Å². The van der Waals surface area contributed by atoms with Crippen LogP contribution in [0.4, 0.5) is 11.6 Å². The van der Waals surface area contributed by atoms with Crippen LogP contribution in [0.2, 0.25) is 0 Å². The fraction of sp³-hybridized carbons (Fsp3) is 0.200. The van der Waals surface area contributed by atoms with Gasteiger partial charge in [0.25, 0.3) is 0 Å². The van der Waals surface area contributed by atoms with E-state index in [0.717, 1.165) is 4.47 Å². The maximum atomic E-state index is 5.18. The molecule has 0 amide bonds. The van der Waals surface area contributed by atoms with Gasteiger partial charge in [-0.05, 0) is 15.9 Å². The molecule has 60 valence electrons. The molecule has 0 fully saturated rings. The number of hydrogen-bond acceptors (Lipinski definition) is 5. The summed E-state index contributed by atoms with van der Waals surface area (Å²) < 4.78 is 0.727. The summed E-state index contributed by atoms with van der Waals surface area (Å²) in [5.74, 6) is 6.44. The van der Waals surface area contributed by atoms with Crippen molar-refractivity contribution in [3.05, 3.63) is 10.8 Å². The molecule has 0 spiro atoms. The van der Waals surface area contributed by atoms with Crippen molar-refractivity contribution < 1.29 is 0 Å². The van der Waals surface area contributed by atoms with Gasteiger partial charge in [0.1, 0.15) is 16.6 Å². The monoisotopic (exact) mass is 217 g/mol. The second-order valence-corrected chi connectivity index (χ2v) is 2.57. The van der Waals surface area contributed by atoms with Gasteiger partial charge >= 0.3 is 0 Å². The van der Waals surface area contributed by atoms with E-state index < -0.39 is 0 Å². The minimum absolute atomic E-state index is 0.560. The Balaban J connectivity index is 3.10. The smallest absolute Gasteiger partial charge is 0.159 e. The third-order valence-corrected chi connectivity index (χ3v) is 1.91. The molecule has 4 N–H and O–H groups in total. The molecule has 0 bridgehead atoms. The molecule has 0 saturated heterocycles. The maximum Gasteiger partial charge on any atom is 0.159 e. The Bertz CT molecular complexity index is 228. The minimum atomic E-state index is 0.560. The van der Waals surface area contributed by atoms with E-state index in [-0.39, 0.29) is 0 Å². The van der Waals surface area contributed by atoms with Gasteiger partial charge in [-0.25, -0.2) is 15.8 Å². The van der Waals surface area contributed by atoms with Gasteiger partial charge in [-0.2, -0.15) is 0 Å². The van der Waals surface area contributed by atoms with Crippen LogP contribution in [0.15, 0.2) is 10.8 Å². The van der Waals surface area contributed by atoms with Gasteiger partial charge in [-0.1, -0.05) is 0 Å². The number of nitrogen functional groups attached to an aromatic ring is 1. The first-order valence-corrected chi connectivity index (χ1v) is 3.73. The Morgan fingerprint density at radius 2 is 2.09 bits per heavy atom. The molecule has 1 heterocycles. The van der Waals surface area contributed by atoms with E-state index in [4.69, 9.17) is 5.84 Å². The van der Waals surface area contributed by atoms with Gasteiger partial charge in [0.05, 0.1) is 0 Å². The largest absolute Gasteiger partial charge is 0.372 e. The summed E-state index contributed by atoms with van der Waals surface area (Å²) in [5, 5.41) is 2.88. The molecule has 0 aliphatic carbocycles. The fourth-order valence-electron chi connectivity index (χ4n) is 0.645. The Kier molecular flexibility index (Phi) is 2.61. The lowest BCUT2D eigenvalue weighted by Crippen LogP contribution is -2.10. The van der Waals surface area contributed by atoms with Crippen molar-refractivity contribution in [3.8, 4) is 0 Å². The molecule has 0 aliphatic heterocycles. The maximum absolute atomic E-state index is 5.18. The number of nitrogens with one attached hydrogen (secondary N) is 2. The SMILES string of the molecule is CNc1ncnc(NN)c1Br. The van der Waals surface area contributed by atoms with E-state index in [0.29, 0.717) is 11.6 Å². The first kappa shape index (κ1) is 8.22. The van der Waals surface area contributed by atoms with Crippen LogP contribution < -0.4 is 16.6 Å². The zero-order valence-corrected chi connectivity index (χ0v) is 7.51. The summed E-state index contributed by atoms with van der Waals surface area (Å²) in [6.45, 7) is 0. The molecule has 5 nitrogen and oxygen atoms in total. The van der Waals surface area contributed by atoms with Crippen molar-refractivity contribution >= 4 is 27.6 Å². The summed E-state index contributed by atoms with van der Waals surface area (Å²) >= 11 is 3.27. The standard InChI is InChI=1S/C5H8BrN5/c1-8-4-3(6)5(11-7)10-2-9-4/h2H,7H2,1H3,(H2,8,9,10,11). The third kappa shape index (κ3) is 1.58. The number of nitrogens with two attached hydrogens (primary N) is 1. The number of nitrogens with zero attached hydrogens (tertiary/aromatic N) is 2. The Hall–Kier alpha value is -0.880. The highest BCUT2D eigenvalue weighted by Gasteiger charge is 2.04. The van der Waals surface area contributed by atoms with Crippen LogP contribution in [0, 0.1) is 0 Å². The number of halogens is 1.